The number of hydrogen-bond acceptors (Lipinski definition) is 5. The third-order valence-electron chi connectivity index (χ3n) is 5.40. The van der Waals surface area contributed by atoms with E-state index in [0.717, 1.165) is 22.9 Å². The van der Waals surface area contributed by atoms with Gasteiger partial charge in [-0.1, -0.05) is 12.1 Å². The first-order chi connectivity index (χ1) is 17.0. The molecule has 2 aromatic heterocycles. The summed E-state index contributed by atoms with van der Waals surface area (Å²) in [5, 5.41) is 14.9. The lowest BCUT2D eigenvalue weighted by atomic mass is 10.1. The lowest BCUT2D eigenvalue weighted by Gasteiger charge is -2.11. The van der Waals surface area contributed by atoms with Crippen molar-refractivity contribution < 1.29 is 27.2 Å². The number of primary amides is 1. The van der Waals surface area contributed by atoms with E-state index in [4.69, 9.17) is 11.0 Å². The normalized spacial score (nSPS) is 11.3. The van der Waals surface area contributed by atoms with Gasteiger partial charge in [0.05, 0.1) is 40.6 Å². The fourth-order valence-corrected chi connectivity index (χ4v) is 3.61. The van der Waals surface area contributed by atoms with Gasteiger partial charge in [0.1, 0.15) is 11.5 Å². The highest BCUT2D eigenvalue weighted by Crippen LogP contribution is 2.36. The minimum Gasteiger partial charge on any atom is -0.366 e. The van der Waals surface area contributed by atoms with Gasteiger partial charge in [-0.15, -0.1) is 0 Å². The number of nitrogens with two attached hydrogens (primary N) is 1. The molecule has 0 unspecified atom stereocenters. The van der Waals surface area contributed by atoms with Crippen LogP contribution in [0.1, 0.15) is 43.4 Å². The standard InChI is InChI=1S/C24H16F4N6O2/c1-12-20(21(24(26,27)28)33-34(12)11-14-4-2-13(10-29)3-5-14)32-23(36)19-9-17(22(30)35)16-7-6-15(25)8-18(16)31-19/h2-9H,11H2,1H3,(H2,30,35)(H,32,36). The number of fused-ring (bicyclic) bond motifs is 1. The van der Waals surface area contributed by atoms with Gasteiger partial charge in [-0.3, -0.25) is 14.3 Å². The van der Waals surface area contributed by atoms with Gasteiger partial charge < -0.3 is 11.1 Å². The summed E-state index contributed by atoms with van der Waals surface area (Å²) in [4.78, 5) is 28.8. The molecule has 0 aliphatic carbocycles. The first-order valence-electron chi connectivity index (χ1n) is 10.3. The summed E-state index contributed by atoms with van der Waals surface area (Å²) < 4.78 is 56.1. The largest absolute Gasteiger partial charge is 0.437 e. The predicted octanol–water partition coefficient (Wildman–Crippen LogP) is 4.17. The molecule has 8 nitrogen and oxygen atoms in total. The molecule has 182 valence electrons. The second-order valence-corrected chi connectivity index (χ2v) is 7.81. The molecule has 0 saturated heterocycles. The minimum atomic E-state index is -4.90. The highest BCUT2D eigenvalue weighted by atomic mass is 19.4. The molecule has 2 heterocycles. The molecule has 36 heavy (non-hydrogen) atoms. The van der Waals surface area contributed by atoms with Crippen LogP contribution in [0.3, 0.4) is 0 Å². The number of hydrogen-bond donors (Lipinski definition) is 2. The van der Waals surface area contributed by atoms with Gasteiger partial charge in [-0.25, -0.2) is 9.37 Å². The van der Waals surface area contributed by atoms with Crippen LogP contribution < -0.4 is 11.1 Å². The molecule has 0 spiro atoms. The number of nitrogens with one attached hydrogen (secondary N) is 1. The number of amides is 2. The Balaban J connectivity index is 1.73. The van der Waals surface area contributed by atoms with E-state index >= 15 is 0 Å². The third kappa shape index (κ3) is 4.72. The van der Waals surface area contributed by atoms with E-state index in [1.165, 1.54) is 25.1 Å². The maximum Gasteiger partial charge on any atom is 0.437 e. The van der Waals surface area contributed by atoms with Crippen LogP contribution in [0, 0.1) is 24.1 Å². The van der Waals surface area contributed by atoms with E-state index in [2.05, 4.69) is 15.4 Å². The van der Waals surface area contributed by atoms with Crippen LogP contribution in [0.5, 0.6) is 0 Å². The highest BCUT2D eigenvalue weighted by molar-refractivity contribution is 6.10. The number of nitrogens with zero attached hydrogens (tertiary/aromatic N) is 4. The molecule has 0 fully saturated rings. The number of alkyl halides is 3. The van der Waals surface area contributed by atoms with Crippen LogP contribution >= 0.6 is 0 Å². The first-order valence-corrected chi connectivity index (χ1v) is 10.3. The van der Waals surface area contributed by atoms with Crippen molar-refractivity contribution in [1.29, 1.82) is 5.26 Å². The SMILES string of the molecule is Cc1c(NC(=O)c2cc(C(N)=O)c3ccc(F)cc3n2)c(C(F)(F)F)nn1Cc1ccc(C#N)cc1. The Kier molecular flexibility index (Phi) is 6.15. The van der Waals surface area contributed by atoms with Crippen molar-refractivity contribution in [2.75, 3.05) is 5.32 Å². The van der Waals surface area contributed by atoms with Crippen LogP contribution in [0.25, 0.3) is 10.9 Å². The summed E-state index contributed by atoms with van der Waals surface area (Å²) in [5.74, 6) is -2.69. The maximum absolute atomic E-state index is 13.8. The first kappa shape index (κ1) is 24.3. The molecule has 0 aliphatic heterocycles. The molecule has 2 amide bonds. The number of rotatable bonds is 5. The summed E-state index contributed by atoms with van der Waals surface area (Å²) in [5.41, 5.74) is 3.76. The number of carbonyl (C=O) groups excluding carboxylic acids is 2. The lowest BCUT2D eigenvalue weighted by Crippen LogP contribution is -2.19. The topological polar surface area (TPSA) is 127 Å². The van der Waals surface area contributed by atoms with Gasteiger partial charge in [0, 0.05) is 11.5 Å². The van der Waals surface area contributed by atoms with Crippen molar-refractivity contribution in [2.45, 2.75) is 19.6 Å². The third-order valence-corrected chi connectivity index (χ3v) is 5.40. The van der Waals surface area contributed by atoms with Gasteiger partial charge >= 0.3 is 6.18 Å². The zero-order chi connectivity index (χ0) is 26.2. The molecule has 12 heteroatoms. The van der Waals surface area contributed by atoms with Crippen LogP contribution in [-0.4, -0.2) is 26.6 Å². The molecule has 2 aromatic carbocycles. The number of halogens is 4. The molecular formula is C24H16F4N6O2. The fourth-order valence-electron chi connectivity index (χ4n) is 3.61. The smallest absolute Gasteiger partial charge is 0.366 e. The second kappa shape index (κ2) is 9.10. The van der Waals surface area contributed by atoms with Gasteiger partial charge in [-0.05, 0) is 42.8 Å². The number of benzene rings is 2. The van der Waals surface area contributed by atoms with Crippen LogP contribution in [0.4, 0.5) is 23.2 Å². The number of aromatic nitrogens is 3. The van der Waals surface area contributed by atoms with Gasteiger partial charge in [0.15, 0.2) is 5.69 Å². The zero-order valence-corrected chi connectivity index (χ0v) is 18.5. The Labute approximate surface area is 201 Å². The maximum atomic E-state index is 13.8. The van der Waals surface area contributed by atoms with E-state index in [0.29, 0.717) is 11.1 Å². The minimum absolute atomic E-state index is 0.00185. The average Bonchev–Trinajstić information content (AvgIpc) is 3.13. The van der Waals surface area contributed by atoms with E-state index in [1.807, 2.05) is 6.07 Å². The van der Waals surface area contributed by atoms with Crippen molar-refractivity contribution in [3.8, 4) is 6.07 Å². The number of pyridine rings is 1. The number of nitriles is 1. The molecule has 0 aliphatic rings. The van der Waals surface area contributed by atoms with Gasteiger partial charge in [0.25, 0.3) is 5.91 Å². The van der Waals surface area contributed by atoms with Crippen molar-refractivity contribution in [2.24, 2.45) is 5.73 Å². The predicted molar refractivity (Wildman–Crippen MR) is 120 cm³/mol. The summed E-state index contributed by atoms with van der Waals surface area (Å²) in [6.45, 7) is 1.29. The molecular weight excluding hydrogens is 480 g/mol. The molecule has 0 saturated carbocycles. The highest BCUT2D eigenvalue weighted by Gasteiger charge is 2.39. The molecule has 4 rings (SSSR count). The van der Waals surface area contributed by atoms with E-state index in [9.17, 15) is 27.2 Å². The van der Waals surface area contributed by atoms with Crippen LogP contribution in [0.2, 0.25) is 0 Å². The summed E-state index contributed by atoms with van der Waals surface area (Å²) in [6, 6.07) is 12.5. The molecule has 4 aromatic rings. The van der Waals surface area contributed by atoms with Crippen LogP contribution in [0.15, 0.2) is 48.5 Å². The Morgan fingerprint density at radius 1 is 1.14 bits per heavy atom. The monoisotopic (exact) mass is 496 g/mol. The molecule has 0 atom stereocenters. The molecule has 0 radical (unpaired) electrons. The Morgan fingerprint density at radius 2 is 1.83 bits per heavy atom. The second-order valence-electron chi connectivity index (χ2n) is 7.81. The Hall–Kier alpha value is -4.79. The molecule has 3 N–H and O–H groups in total. The summed E-state index contributed by atoms with van der Waals surface area (Å²) in [7, 11) is 0. The van der Waals surface area contributed by atoms with Crippen LogP contribution in [-0.2, 0) is 12.7 Å². The van der Waals surface area contributed by atoms with Crippen molar-refractivity contribution in [3.05, 3.63) is 88.1 Å². The van der Waals surface area contributed by atoms with Crippen molar-refractivity contribution in [3.63, 3.8) is 0 Å². The van der Waals surface area contributed by atoms with E-state index in [-0.39, 0.29) is 28.7 Å². The van der Waals surface area contributed by atoms with Crippen molar-refractivity contribution >= 4 is 28.4 Å². The Bertz CT molecular complexity index is 1550. The molecule has 0 bridgehead atoms. The summed E-state index contributed by atoms with van der Waals surface area (Å²) in [6.07, 6.45) is -4.90. The number of anilines is 1. The zero-order valence-electron chi connectivity index (χ0n) is 18.5. The van der Waals surface area contributed by atoms with Gasteiger partial charge in [-0.2, -0.15) is 23.5 Å². The quantitative estimate of drug-likeness (QED) is 0.401. The number of carbonyl (C=O) groups is 2. The fraction of sp³-hybridized carbons (Fsp3) is 0.125. The average molecular weight is 496 g/mol. The Morgan fingerprint density at radius 3 is 2.44 bits per heavy atom. The van der Waals surface area contributed by atoms with Gasteiger partial charge in [0.2, 0.25) is 5.91 Å². The summed E-state index contributed by atoms with van der Waals surface area (Å²) >= 11 is 0. The van der Waals surface area contributed by atoms with Crippen molar-refractivity contribution in [1.82, 2.24) is 14.8 Å². The lowest BCUT2D eigenvalue weighted by molar-refractivity contribution is -0.140. The van der Waals surface area contributed by atoms with E-state index < -0.39 is 40.9 Å². The van der Waals surface area contributed by atoms with E-state index in [1.54, 1.807) is 12.1 Å².